The summed E-state index contributed by atoms with van der Waals surface area (Å²) in [5, 5.41) is 9.20. The number of aliphatic hydroxyl groups excluding tert-OH is 1. The van der Waals surface area contributed by atoms with Crippen LogP contribution < -0.4 is 0 Å². The molecule has 1 aromatic carbocycles. The van der Waals surface area contributed by atoms with Crippen molar-refractivity contribution in [2.24, 2.45) is 5.92 Å². The van der Waals surface area contributed by atoms with Gasteiger partial charge in [0.2, 0.25) is 0 Å². The molecule has 0 bridgehead atoms. The minimum Gasteiger partial charge on any atom is -0.392 e. The molecule has 15 heavy (non-hydrogen) atoms. The van der Waals surface area contributed by atoms with E-state index >= 15 is 0 Å². The molecule has 2 heteroatoms. The smallest absolute Gasteiger partial charge is 0.0647 e. The third kappa shape index (κ3) is 3.47. The van der Waals surface area contributed by atoms with E-state index in [1.54, 1.807) is 0 Å². The number of aliphatic hydroxyl groups is 1. The van der Waals surface area contributed by atoms with Crippen molar-refractivity contribution in [2.45, 2.75) is 20.8 Å². The maximum absolute atomic E-state index is 9.20. The summed E-state index contributed by atoms with van der Waals surface area (Å²) in [5.74, 6) is 0.388. The maximum Gasteiger partial charge on any atom is 0.0647 e. The van der Waals surface area contributed by atoms with Crippen LogP contribution in [0.15, 0.2) is 28.2 Å². The molecule has 0 atom stereocenters. The first kappa shape index (κ1) is 12.5. The van der Waals surface area contributed by atoms with Crippen molar-refractivity contribution in [3.8, 4) is 0 Å². The molecule has 0 fully saturated rings. The van der Waals surface area contributed by atoms with Gasteiger partial charge in [-0.15, -0.1) is 0 Å². The van der Waals surface area contributed by atoms with Crippen LogP contribution in [0.4, 0.5) is 0 Å². The van der Waals surface area contributed by atoms with Gasteiger partial charge in [-0.25, -0.2) is 0 Å². The van der Waals surface area contributed by atoms with Crippen LogP contribution in [-0.2, 0) is 0 Å². The van der Waals surface area contributed by atoms with Gasteiger partial charge in [0.25, 0.3) is 0 Å². The van der Waals surface area contributed by atoms with E-state index in [1.807, 2.05) is 6.07 Å². The fraction of sp³-hybridized carbons (Fsp3) is 0.385. The Labute approximate surface area is 100.0 Å². The van der Waals surface area contributed by atoms with E-state index in [1.165, 1.54) is 5.56 Å². The van der Waals surface area contributed by atoms with Crippen LogP contribution >= 0.6 is 15.9 Å². The topological polar surface area (TPSA) is 20.2 Å². The highest BCUT2D eigenvalue weighted by atomic mass is 79.9. The number of hydrogen-bond acceptors (Lipinski definition) is 1. The Morgan fingerprint density at radius 3 is 2.60 bits per heavy atom. The normalized spacial score (nSPS) is 12.3. The zero-order valence-corrected chi connectivity index (χ0v) is 11.0. The fourth-order valence-corrected chi connectivity index (χ4v) is 1.61. The molecule has 0 spiro atoms. The molecule has 1 aromatic rings. The van der Waals surface area contributed by atoms with Gasteiger partial charge in [0.1, 0.15) is 0 Å². The van der Waals surface area contributed by atoms with E-state index in [0.717, 1.165) is 15.6 Å². The Balaban J connectivity index is 3.01. The van der Waals surface area contributed by atoms with E-state index in [9.17, 15) is 5.11 Å². The lowest BCUT2D eigenvalue weighted by Crippen LogP contribution is -1.98. The van der Waals surface area contributed by atoms with Crippen LogP contribution in [0.3, 0.4) is 0 Å². The molecule has 0 amide bonds. The van der Waals surface area contributed by atoms with Gasteiger partial charge < -0.3 is 5.11 Å². The van der Waals surface area contributed by atoms with Gasteiger partial charge in [0.05, 0.1) is 6.61 Å². The average molecular weight is 269 g/mol. The number of halogens is 1. The van der Waals surface area contributed by atoms with Crippen LogP contribution in [-0.4, -0.2) is 11.7 Å². The van der Waals surface area contributed by atoms with Crippen molar-refractivity contribution in [2.75, 3.05) is 6.61 Å². The van der Waals surface area contributed by atoms with Crippen LogP contribution in [0.2, 0.25) is 0 Å². The second-order valence-electron chi connectivity index (χ2n) is 4.04. The second-order valence-corrected chi connectivity index (χ2v) is 4.90. The first-order valence-corrected chi connectivity index (χ1v) is 5.91. The predicted molar refractivity (Wildman–Crippen MR) is 68.8 cm³/mol. The number of aryl methyl sites for hydroxylation is 1. The summed E-state index contributed by atoms with van der Waals surface area (Å²) < 4.78 is 1.12. The second kappa shape index (κ2) is 5.47. The Hall–Kier alpha value is -0.600. The van der Waals surface area contributed by atoms with Crippen LogP contribution in [0.1, 0.15) is 25.0 Å². The van der Waals surface area contributed by atoms with Gasteiger partial charge >= 0.3 is 0 Å². The molecule has 0 aliphatic carbocycles. The van der Waals surface area contributed by atoms with Crippen LogP contribution in [0.5, 0.6) is 0 Å². The van der Waals surface area contributed by atoms with Crippen molar-refractivity contribution in [3.05, 3.63) is 39.4 Å². The van der Waals surface area contributed by atoms with Crippen molar-refractivity contribution < 1.29 is 5.11 Å². The Morgan fingerprint density at radius 2 is 2.13 bits per heavy atom. The molecule has 0 aliphatic heterocycles. The summed E-state index contributed by atoms with van der Waals surface area (Å²) >= 11 is 3.47. The third-order valence-electron chi connectivity index (χ3n) is 2.46. The summed E-state index contributed by atoms with van der Waals surface area (Å²) in [5.41, 5.74) is 3.43. The van der Waals surface area contributed by atoms with Crippen LogP contribution in [0.25, 0.3) is 6.08 Å². The Kier molecular flexibility index (Phi) is 4.55. The van der Waals surface area contributed by atoms with Gasteiger partial charge in [0.15, 0.2) is 0 Å². The number of benzene rings is 1. The van der Waals surface area contributed by atoms with Gasteiger partial charge in [-0.2, -0.15) is 0 Å². The fourth-order valence-electron chi connectivity index (χ4n) is 1.37. The molecule has 0 aromatic heterocycles. The molecular weight excluding hydrogens is 252 g/mol. The summed E-state index contributed by atoms with van der Waals surface area (Å²) in [6.45, 7) is 6.38. The SMILES string of the molecule is Cc1cc(C=C(CO)C(C)C)ccc1Br. The van der Waals surface area contributed by atoms with Crippen molar-refractivity contribution in [3.63, 3.8) is 0 Å². The predicted octanol–water partition coefficient (Wildman–Crippen LogP) is 3.79. The zero-order chi connectivity index (χ0) is 11.4. The molecule has 1 rings (SSSR count). The van der Waals surface area contributed by atoms with E-state index in [0.29, 0.717) is 5.92 Å². The summed E-state index contributed by atoms with van der Waals surface area (Å²) in [4.78, 5) is 0. The molecule has 1 N–H and O–H groups in total. The highest BCUT2D eigenvalue weighted by molar-refractivity contribution is 9.10. The number of hydrogen-bond donors (Lipinski definition) is 1. The third-order valence-corrected chi connectivity index (χ3v) is 3.35. The zero-order valence-electron chi connectivity index (χ0n) is 9.42. The molecule has 0 radical (unpaired) electrons. The van der Waals surface area contributed by atoms with E-state index in [2.05, 4.69) is 54.9 Å². The lowest BCUT2D eigenvalue weighted by Gasteiger charge is -2.08. The van der Waals surface area contributed by atoms with Gasteiger partial charge in [0, 0.05) is 4.47 Å². The van der Waals surface area contributed by atoms with E-state index in [-0.39, 0.29) is 6.61 Å². The molecule has 1 nitrogen and oxygen atoms in total. The molecule has 0 saturated heterocycles. The van der Waals surface area contributed by atoms with Crippen molar-refractivity contribution in [1.82, 2.24) is 0 Å². The van der Waals surface area contributed by atoms with Gasteiger partial charge in [-0.3, -0.25) is 0 Å². The lowest BCUT2D eigenvalue weighted by molar-refractivity contribution is 0.320. The van der Waals surface area contributed by atoms with E-state index < -0.39 is 0 Å². The largest absolute Gasteiger partial charge is 0.392 e. The first-order chi connectivity index (χ1) is 7.04. The Morgan fingerprint density at radius 1 is 1.47 bits per heavy atom. The number of rotatable bonds is 3. The highest BCUT2D eigenvalue weighted by Crippen LogP contribution is 2.20. The van der Waals surface area contributed by atoms with Gasteiger partial charge in [-0.05, 0) is 35.6 Å². The molecule has 0 saturated carbocycles. The Bertz CT molecular complexity index is 367. The first-order valence-electron chi connectivity index (χ1n) is 5.12. The molecule has 0 heterocycles. The molecule has 0 aliphatic rings. The molecule has 82 valence electrons. The summed E-state index contributed by atoms with van der Waals surface area (Å²) in [7, 11) is 0. The standard InChI is InChI=1S/C13H17BrO/c1-9(2)12(8-15)7-11-4-5-13(14)10(3)6-11/h4-7,9,15H,8H2,1-3H3. The van der Waals surface area contributed by atoms with Gasteiger partial charge in [-0.1, -0.05) is 48.0 Å². The van der Waals surface area contributed by atoms with E-state index in [4.69, 9.17) is 0 Å². The highest BCUT2D eigenvalue weighted by Gasteiger charge is 2.02. The minimum atomic E-state index is 0.132. The quantitative estimate of drug-likeness (QED) is 0.885. The average Bonchev–Trinajstić information content (AvgIpc) is 2.19. The summed E-state index contributed by atoms with van der Waals surface area (Å²) in [6.07, 6.45) is 2.06. The van der Waals surface area contributed by atoms with Crippen molar-refractivity contribution >= 4 is 22.0 Å². The van der Waals surface area contributed by atoms with Crippen LogP contribution in [0, 0.1) is 12.8 Å². The summed E-state index contributed by atoms with van der Waals surface area (Å²) in [6, 6.07) is 6.20. The van der Waals surface area contributed by atoms with Crippen molar-refractivity contribution in [1.29, 1.82) is 0 Å². The molecular formula is C13H17BrO. The maximum atomic E-state index is 9.20. The monoisotopic (exact) mass is 268 g/mol. The lowest BCUT2D eigenvalue weighted by atomic mass is 10.0. The molecule has 0 unspecified atom stereocenters. The minimum absolute atomic E-state index is 0.132.